The Balaban J connectivity index is 2.77. The van der Waals surface area contributed by atoms with Crippen LogP contribution in [0.25, 0.3) is 0 Å². The van der Waals surface area contributed by atoms with Crippen LogP contribution in [0.1, 0.15) is 26.3 Å². The van der Waals surface area contributed by atoms with E-state index in [-0.39, 0.29) is 16.7 Å². The number of rotatable bonds is 5. The van der Waals surface area contributed by atoms with Crippen LogP contribution in [-0.2, 0) is 6.42 Å². The molecule has 1 rings (SSSR count). The molecule has 17 heavy (non-hydrogen) atoms. The van der Waals surface area contributed by atoms with Gasteiger partial charge >= 0.3 is 0 Å². The van der Waals surface area contributed by atoms with E-state index in [2.05, 4.69) is 13.8 Å². The van der Waals surface area contributed by atoms with Gasteiger partial charge in [-0.05, 0) is 30.7 Å². The lowest BCUT2D eigenvalue weighted by atomic mass is 9.84. The molecule has 0 saturated carbocycles. The first-order valence-corrected chi connectivity index (χ1v) is 5.90. The molecule has 0 aliphatic heterocycles. The van der Waals surface area contributed by atoms with Gasteiger partial charge in [-0.25, -0.2) is 0 Å². The molecule has 1 aromatic rings. The maximum absolute atomic E-state index is 10.5. The standard InChI is InChI=1S/C13H20N2O2/c1-9(2)13(10(3)14)8-11-4-6-12(7-5-11)15(16)17/h4-7,9-10,13H,8,14H2,1-3H3. The van der Waals surface area contributed by atoms with E-state index in [1.807, 2.05) is 19.1 Å². The molecule has 0 aromatic heterocycles. The summed E-state index contributed by atoms with van der Waals surface area (Å²) in [5.41, 5.74) is 7.19. The third kappa shape index (κ3) is 3.82. The molecule has 0 spiro atoms. The van der Waals surface area contributed by atoms with Crippen LogP contribution >= 0.6 is 0 Å². The van der Waals surface area contributed by atoms with Gasteiger partial charge in [0.25, 0.3) is 5.69 Å². The number of non-ortho nitro benzene ring substituents is 1. The average molecular weight is 236 g/mol. The molecular weight excluding hydrogens is 216 g/mol. The van der Waals surface area contributed by atoms with Gasteiger partial charge in [0, 0.05) is 18.2 Å². The van der Waals surface area contributed by atoms with Crippen LogP contribution in [0.2, 0.25) is 0 Å². The zero-order valence-corrected chi connectivity index (χ0v) is 10.6. The predicted molar refractivity (Wildman–Crippen MR) is 68.8 cm³/mol. The highest BCUT2D eigenvalue weighted by atomic mass is 16.6. The molecule has 0 saturated heterocycles. The summed E-state index contributed by atoms with van der Waals surface area (Å²) < 4.78 is 0. The van der Waals surface area contributed by atoms with Crippen molar-refractivity contribution in [1.29, 1.82) is 0 Å². The first-order valence-electron chi connectivity index (χ1n) is 5.90. The topological polar surface area (TPSA) is 69.2 Å². The van der Waals surface area contributed by atoms with Crippen molar-refractivity contribution >= 4 is 5.69 Å². The number of nitrogens with two attached hydrogens (primary N) is 1. The van der Waals surface area contributed by atoms with Crippen molar-refractivity contribution in [3.63, 3.8) is 0 Å². The Kier molecular flexibility index (Phi) is 4.63. The van der Waals surface area contributed by atoms with Gasteiger partial charge in [0.2, 0.25) is 0 Å². The molecule has 0 fully saturated rings. The lowest BCUT2D eigenvalue weighted by Gasteiger charge is -2.24. The SMILES string of the molecule is CC(C)C(Cc1ccc([N+](=O)[O-])cc1)C(C)N. The quantitative estimate of drug-likeness (QED) is 0.631. The fraction of sp³-hybridized carbons (Fsp3) is 0.538. The van der Waals surface area contributed by atoms with E-state index in [1.54, 1.807) is 12.1 Å². The van der Waals surface area contributed by atoms with Crippen LogP contribution in [0.15, 0.2) is 24.3 Å². The summed E-state index contributed by atoms with van der Waals surface area (Å²) in [7, 11) is 0. The molecule has 4 heteroatoms. The summed E-state index contributed by atoms with van der Waals surface area (Å²) in [6.07, 6.45) is 0.868. The first-order chi connectivity index (χ1) is 7.91. The second-order valence-corrected chi connectivity index (χ2v) is 4.89. The Labute approximate surface area is 102 Å². The van der Waals surface area contributed by atoms with Gasteiger partial charge in [0.15, 0.2) is 0 Å². The third-order valence-electron chi connectivity index (χ3n) is 3.15. The fourth-order valence-electron chi connectivity index (χ4n) is 2.05. The van der Waals surface area contributed by atoms with Gasteiger partial charge in [-0.1, -0.05) is 26.0 Å². The molecule has 0 amide bonds. The van der Waals surface area contributed by atoms with E-state index in [9.17, 15) is 10.1 Å². The normalized spacial score (nSPS) is 14.6. The van der Waals surface area contributed by atoms with Crippen molar-refractivity contribution in [3.8, 4) is 0 Å². The fourth-order valence-corrected chi connectivity index (χ4v) is 2.05. The minimum Gasteiger partial charge on any atom is -0.328 e. The molecular formula is C13H20N2O2. The van der Waals surface area contributed by atoms with E-state index in [0.29, 0.717) is 11.8 Å². The summed E-state index contributed by atoms with van der Waals surface area (Å²) in [5.74, 6) is 0.904. The monoisotopic (exact) mass is 236 g/mol. The highest BCUT2D eigenvalue weighted by Crippen LogP contribution is 2.21. The molecule has 0 aliphatic rings. The molecule has 1 aromatic carbocycles. The molecule has 94 valence electrons. The van der Waals surface area contributed by atoms with Crippen molar-refractivity contribution < 1.29 is 4.92 Å². The summed E-state index contributed by atoms with van der Waals surface area (Å²) in [6.45, 7) is 6.31. The summed E-state index contributed by atoms with van der Waals surface area (Å²) in [5, 5.41) is 10.5. The first kappa shape index (κ1) is 13.6. The van der Waals surface area contributed by atoms with E-state index in [1.165, 1.54) is 0 Å². The lowest BCUT2D eigenvalue weighted by molar-refractivity contribution is -0.384. The number of nitro benzene ring substituents is 1. The zero-order chi connectivity index (χ0) is 13.0. The maximum atomic E-state index is 10.5. The van der Waals surface area contributed by atoms with Crippen molar-refractivity contribution in [2.24, 2.45) is 17.6 Å². The summed E-state index contributed by atoms with van der Waals surface area (Å²) in [6, 6.07) is 6.86. The largest absolute Gasteiger partial charge is 0.328 e. The minimum absolute atomic E-state index is 0.130. The minimum atomic E-state index is -0.380. The highest BCUT2D eigenvalue weighted by Gasteiger charge is 2.18. The van der Waals surface area contributed by atoms with E-state index < -0.39 is 0 Å². The van der Waals surface area contributed by atoms with Crippen LogP contribution < -0.4 is 5.73 Å². The second kappa shape index (κ2) is 5.77. The van der Waals surface area contributed by atoms with Crippen molar-refractivity contribution in [2.75, 3.05) is 0 Å². The average Bonchev–Trinajstić information content (AvgIpc) is 2.25. The van der Waals surface area contributed by atoms with E-state index >= 15 is 0 Å². The van der Waals surface area contributed by atoms with Gasteiger partial charge in [0.1, 0.15) is 0 Å². The molecule has 0 aliphatic carbocycles. The third-order valence-corrected chi connectivity index (χ3v) is 3.15. The summed E-state index contributed by atoms with van der Waals surface area (Å²) >= 11 is 0. The maximum Gasteiger partial charge on any atom is 0.269 e. The van der Waals surface area contributed by atoms with Crippen LogP contribution in [-0.4, -0.2) is 11.0 Å². The van der Waals surface area contributed by atoms with Gasteiger partial charge < -0.3 is 5.73 Å². The Morgan fingerprint density at radius 2 is 1.76 bits per heavy atom. The molecule has 4 nitrogen and oxygen atoms in total. The molecule has 2 N–H and O–H groups in total. The number of hydrogen-bond acceptors (Lipinski definition) is 3. The molecule has 2 unspecified atom stereocenters. The smallest absolute Gasteiger partial charge is 0.269 e. The van der Waals surface area contributed by atoms with Crippen molar-refractivity contribution in [2.45, 2.75) is 33.2 Å². The lowest BCUT2D eigenvalue weighted by Crippen LogP contribution is -2.32. The number of nitrogens with zero attached hydrogens (tertiary/aromatic N) is 1. The van der Waals surface area contributed by atoms with Gasteiger partial charge in [-0.3, -0.25) is 10.1 Å². The van der Waals surface area contributed by atoms with Crippen LogP contribution in [0.5, 0.6) is 0 Å². The predicted octanol–water partition coefficient (Wildman–Crippen LogP) is 2.76. The van der Waals surface area contributed by atoms with Gasteiger partial charge in [0.05, 0.1) is 4.92 Å². The summed E-state index contributed by atoms with van der Waals surface area (Å²) in [4.78, 5) is 10.2. The Morgan fingerprint density at radius 1 is 1.24 bits per heavy atom. The number of hydrogen-bond donors (Lipinski definition) is 1. The highest BCUT2D eigenvalue weighted by molar-refractivity contribution is 5.33. The Hall–Kier alpha value is -1.42. The van der Waals surface area contributed by atoms with Crippen molar-refractivity contribution in [3.05, 3.63) is 39.9 Å². The Morgan fingerprint density at radius 3 is 2.12 bits per heavy atom. The molecule has 0 bridgehead atoms. The zero-order valence-electron chi connectivity index (χ0n) is 10.6. The Bertz CT molecular complexity index is 364. The van der Waals surface area contributed by atoms with Crippen LogP contribution in [0.4, 0.5) is 5.69 Å². The number of nitro groups is 1. The molecule has 0 heterocycles. The van der Waals surface area contributed by atoms with Crippen LogP contribution in [0.3, 0.4) is 0 Å². The van der Waals surface area contributed by atoms with Crippen molar-refractivity contribution in [1.82, 2.24) is 0 Å². The van der Waals surface area contributed by atoms with E-state index in [4.69, 9.17) is 5.73 Å². The second-order valence-electron chi connectivity index (χ2n) is 4.89. The molecule has 2 atom stereocenters. The van der Waals surface area contributed by atoms with Gasteiger partial charge in [-0.2, -0.15) is 0 Å². The van der Waals surface area contributed by atoms with Gasteiger partial charge in [-0.15, -0.1) is 0 Å². The van der Waals surface area contributed by atoms with E-state index in [0.717, 1.165) is 12.0 Å². The van der Waals surface area contributed by atoms with Crippen LogP contribution in [0, 0.1) is 22.0 Å². The number of benzene rings is 1. The molecule has 0 radical (unpaired) electrons.